The Kier molecular flexibility index (Phi) is 7.17. The minimum absolute atomic E-state index is 0.0864. The molecule has 2 aromatic carbocycles. The van der Waals surface area contributed by atoms with Crippen molar-refractivity contribution in [2.24, 2.45) is 0 Å². The van der Waals surface area contributed by atoms with Gasteiger partial charge in [-0.2, -0.15) is 4.72 Å². The van der Waals surface area contributed by atoms with Crippen molar-refractivity contribution in [3.05, 3.63) is 60.2 Å². The molecule has 0 fully saturated rings. The molecule has 26 heavy (non-hydrogen) atoms. The summed E-state index contributed by atoms with van der Waals surface area (Å²) in [5.41, 5.74) is 0.873. The van der Waals surface area contributed by atoms with E-state index in [1.165, 1.54) is 12.1 Å². The number of nitrogens with one attached hydrogen (secondary N) is 2. The zero-order chi connectivity index (χ0) is 19.0. The second-order valence-corrected chi connectivity index (χ2v) is 7.38. The monoisotopic (exact) mass is 376 g/mol. The third kappa shape index (κ3) is 5.57. The molecule has 7 heteroatoms. The van der Waals surface area contributed by atoms with Crippen molar-refractivity contribution >= 4 is 15.9 Å². The van der Waals surface area contributed by atoms with Crippen LogP contribution in [0.1, 0.15) is 19.4 Å². The second kappa shape index (κ2) is 9.35. The van der Waals surface area contributed by atoms with Crippen LogP contribution in [-0.2, 0) is 21.2 Å². The smallest absolute Gasteiger partial charge is 0.241 e. The third-order valence-corrected chi connectivity index (χ3v) is 5.18. The van der Waals surface area contributed by atoms with Crippen LogP contribution in [0, 0.1) is 0 Å². The van der Waals surface area contributed by atoms with Gasteiger partial charge in [-0.3, -0.25) is 4.79 Å². The van der Waals surface area contributed by atoms with Crippen LogP contribution in [0.25, 0.3) is 0 Å². The Morgan fingerprint density at radius 2 is 1.69 bits per heavy atom. The number of benzene rings is 2. The van der Waals surface area contributed by atoms with E-state index in [9.17, 15) is 13.2 Å². The van der Waals surface area contributed by atoms with Gasteiger partial charge in [0.25, 0.3) is 0 Å². The molecule has 0 spiro atoms. The summed E-state index contributed by atoms with van der Waals surface area (Å²) in [7, 11) is -3.84. The van der Waals surface area contributed by atoms with E-state index in [-0.39, 0.29) is 17.2 Å². The zero-order valence-corrected chi connectivity index (χ0v) is 15.8. The topological polar surface area (TPSA) is 84.5 Å². The first-order chi connectivity index (χ1) is 12.5. The average Bonchev–Trinajstić information content (AvgIpc) is 2.63. The van der Waals surface area contributed by atoms with E-state index in [2.05, 4.69) is 10.0 Å². The molecule has 0 aliphatic carbocycles. The number of hydrogen-bond acceptors (Lipinski definition) is 4. The van der Waals surface area contributed by atoms with Gasteiger partial charge in [-0.05, 0) is 50.1 Å². The van der Waals surface area contributed by atoms with E-state index in [0.29, 0.717) is 18.9 Å². The predicted molar refractivity (Wildman–Crippen MR) is 101 cm³/mol. The molecule has 1 atom stereocenters. The first-order valence-corrected chi connectivity index (χ1v) is 10.0. The highest BCUT2D eigenvalue weighted by Crippen LogP contribution is 2.17. The molecule has 0 heterocycles. The molecular formula is C19H24N2O4S. The van der Waals surface area contributed by atoms with Crippen molar-refractivity contribution in [2.45, 2.75) is 31.2 Å². The summed E-state index contributed by atoms with van der Waals surface area (Å²) in [5.74, 6) is 0.238. The van der Waals surface area contributed by atoms with Gasteiger partial charge in [-0.1, -0.05) is 30.3 Å². The number of carbonyl (C=O) groups is 1. The second-order valence-electron chi connectivity index (χ2n) is 5.66. The van der Waals surface area contributed by atoms with E-state index in [1.54, 1.807) is 19.1 Å². The molecule has 6 nitrogen and oxygen atoms in total. The van der Waals surface area contributed by atoms with Gasteiger partial charge in [-0.15, -0.1) is 0 Å². The summed E-state index contributed by atoms with van der Waals surface area (Å²) >= 11 is 0. The highest BCUT2D eigenvalue weighted by atomic mass is 32.2. The molecule has 2 N–H and O–H groups in total. The molecule has 2 aromatic rings. The van der Waals surface area contributed by atoms with Crippen LogP contribution in [0.4, 0.5) is 0 Å². The quantitative estimate of drug-likeness (QED) is 0.702. The standard InChI is InChI=1S/C19H24N2O4S/c1-3-20-19(22)18(14-15-8-6-5-7-9-15)21-26(23,24)17-12-10-16(11-13-17)25-4-2/h5-13,18,21H,3-4,14H2,1-2H3,(H,20,22)/t18-/m1/s1. The number of sulfonamides is 1. The van der Waals surface area contributed by atoms with E-state index in [1.807, 2.05) is 37.3 Å². The molecule has 0 saturated heterocycles. The Morgan fingerprint density at radius 3 is 2.27 bits per heavy atom. The summed E-state index contributed by atoms with van der Waals surface area (Å²) in [6, 6.07) is 14.5. The van der Waals surface area contributed by atoms with E-state index in [4.69, 9.17) is 4.74 Å². The Hall–Kier alpha value is -2.38. The molecule has 0 aliphatic rings. The molecule has 1 amide bonds. The number of carbonyl (C=O) groups excluding carboxylic acids is 1. The van der Waals surface area contributed by atoms with Crippen LogP contribution in [0.15, 0.2) is 59.5 Å². The fourth-order valence-corrected chi connectivity index (χ4v) is 3.67. The molecule has 0 saturated carbocycles. The van der Waals surface area contributed by atoms with Gasteiger partial charge < -0.3 is 10.1 Å². The molecule has 0 radical (unpaired) electrons. The van der Waals surface area contributed by atoms with Crippen LogP contribution >= 0.6 is 0 Å². The normalized spacial score (nSPS) is 12.4. The Balaban J connectivity index is 2.20. The lowest BCUT2D eigenvalue weighted by Gasteiger charge is -2.18. The van der Waals surface area contributed by atoms with Gasteiger partial charge in [0.15, 0.2) is 0 Å². The molecule has 140 valence electrons. The largest absolute Gasteiger partial charge is 0.494 e. The zero-order valence-electron chi connectivity index (χ0n) is 14.9. The third-order valence-electron chi connectivity index (χ3n) is 3.69. The molecule has 2 rings (SSSR count). The maximum Gasteiger partial charge on any atom is 0.241 e. The number of amides is 1. The number of hydrogen-bond donors (Lipinski definition) is 2. The van der Waals surface area contributed by atoms with Crippen molar-refractivity contribution in [3.8, 4) is 5.75 Å². The lowest BCUT2D eigenvalue weighted by molar-refractivity contribution is -0.122. The van der Waals surface area contributed by atoms with Crippen LogP contribution in [0.2, 0.25) is 0 Å². The van der Waals surface area contributed by atoms with Crippen molar-refractivity contribution in [3.63, 3.8) is 0 Å². The van der Waals surface area contributed by atoms with Gasteiger partial charge in [0.05, 0.1) is 11.5 Å². The Labute approximate surface area is 154 Å². The van der Waals surface area contributed by atoms with Gasteiger partial charge in [0.1, 0.15) is 11.8 Å². The number of ether oxygens (including phenoxy) is 1. The summed E-state index contributed by atoms with van der Waals surface area (Å²) in [5, 5.41) is 2.68. The van der Waals surface area contributed by atoms with Crippen LogP contribution in [-0.4, -0.2) is 33.5 Å². The molecular weight excluding hydrogens is 352 g/mol. The van der Waals surface area contributed by atoms with Gasteiger partial charge in [-0.25, -0.2) is 8.42 Å². The van der Waals surface area contributed by atoms with Gasteiger partial charge in [0.2, 0.25) is 15.9 Å². The SMILES string of the molecule is CCNC(=O)[C@@H](Cc1ccccc1)NS(=O)(=O)c1ccc(OCC)cc1. The fraction of sp³-hybridized carbons (Fsp3) is 0.316. The summed E-state index contributed by atoms with van der Waals surface area (Å²) in [4.78, 5) is 12.4. The maximum absolute atomic E-state index is 12.7. The summed E-state index contributed by atoms with van der Waals surface area (Å²) in [6.45, 7) is 4.57. The van der Waals surface area contributed by atoms with Crippen molar-refractivity contribution < 1.29 is 17.9 Å². The number of rotatable bonds is 9. The molecule has 0 aliphatic heterocycles. The molecule has 0 aromatic heterocycles. The maximum atomic E-state index is 12.7. The fourth-order valence-electron chi connectivity index (χ4n) is 2.47. The van der Waals surface area contributed by atoms with E-state index < -0.39 is 16.1 Å². The van der Waals surface area contributed by atoms with Gasteiger partial charge in [0, 0.05) is 6.54 Å². The number of likely N-dealkylation sites (N-methyl/N-ethyl adjacent to an activating group) is 1. The van der Waals surface area contributed by atoms with E-state index in [0.717, 1.165) is 5.56 Å². The van der Waals surface area contributed by atoms with Crippen molar-refractivity contribution in [1.29, 1.82) is 0 Å². The predicted octanol–water partition coefficient (Wildman–Crippen LogP) is 2.11. The van der Waals surface area contributed by atoms with Crippen LogP contribution in [0.5, 0.6) is 5.75 Å². The van der Waals surface area contributed by atoms with Crippen molar-refractivity contribution in [1.82, 2.24) is 10.0 Å². The van der Waals surface area contributed by atoms with Gasteiger partial charge >= 0.3 is 0 Å². The Morgan fingerprint density at radius 1 is 1.04 bits per heavy atom. The molecule has 0 bridgehead atoms. The minimum Gasteiger partial charge on any atom is -0.494 e. The minimum atomic E-state index is -3.84. The highest BCUT2D eigenvalue weighted by molar-refractivity contribution is 7.89. The van der Waals surface area contributed by atoms with Crippen LogP contribution in [0.3, 0.4) is 0 Å². The Bertz CT molecular complexity index is 805. The van der Waals surface area contributed by atoms with Crippen LogP contribution < -0.4 is 14.8 Å². The summed E-state index contributed by atoms with van der Waals surface area (Å²) in [6.07, 6.45) is 0.267. The summed E-state index contributed by atoms with van der Waals surface area (Å²) < 4.78 is 33.2. The highest BCUT2D eigenvalue weighted by Gasteiger charge is 2.25. The van der Waals surface area contributed by atoms with Crippen molar-refractivity contribution in [2.75, 3.05) is 13.2 Å². The van der Waals surface area contributed by atoms with E-state index >= 15 is 0 Å². The average molecular weight is 376 g/mol. The first-order valence-electron chi connectivity index (χ1n) is 8.53. The first kappa shape index (κ1) is 19.9. The lowest BCUT2D eigenvalue weighted by atomic mass is 10.1. The molecule has 0 unspecified atom stereocenters. The lowest BCUT2D eigenvalue weighted by Crippen LogP contribution is -2.47.